The fraction of sp³-hybridized carbons (Fsp3) is 0.733. The predicted molar refractivity (Wildman–Crippen MR) is 91.1 cm³/mol. The summed E-state index contributed by atoms with van der Waals surface area (Å²) in [6.07, 6.45) is 9.90. The molecule has 0 aliphatic heterocycles. The lowest BCUT2D eigenvalue weighted by molar-refractivity contribution is 0.128. The third kappa shape index (κ3) is 3.25. The van der Waals surface area contributed by atoms with Crippen LogP contribution in [0.4, 0.5) is 0 Å². The molecule has 2 aliphatic carbocycles. The lowest BCUT2D eigenvalue weighted by atomic mass is 9.67. The zero-order valence-electron chi connectivity index (χ0n) is 10.9. The third-order valence-corrected chi connectivity index (χ3v) is 8.99. The maximum atomic E-state index is 6.77. The molecule has 0 radical (unpaired) electrons. The first-order valence-electron chi connectivity index (χ1n) is 7.24. The predicted octanol–water partition coefficient (Wildman–Crippen LogP) is 7.16. The third-order valence-electron chi connectivity index (χ3n) is 4.93. The fourth-order valence-corrected chi connectivity index (χ4v) is 6.49. The smallest absolute Gasteiger partial charge is 0.0843 e. The van der Waals surface area contributed by atoms with E-state index in [0.29, 0.717) is 5.92 Å². The van der Waals surface area contributed by atoms with Gasteiger partial charge in [-0.1, -0.05) is 25.7 Å². The Morgan fingerprint density at radius 3 is 2.53 bits per heavy atom. The standard InChI is InChI=1S/C15H19Br2ClS/c16-12-8-13(19-15(12)17)14(18)11-6-5-9-3-1-2-4-10(9)7-11/h8-11,14H,1-7H2. The number of halogens is 3. The number of fused-ring (bicyclic) bond motifs is 1. The second-order valence-corrected chi connectivity index (χ2v) is 9.78. The molecule has 2 saturated carbocycles. The maximum Gasteiger partial charge on any atom is 0.0843 e. The Morgan fingerprint density at radius 2 is 1.84 bits per heavy atom. The first-order chi connectivity index (χ1) is 9.15. The van der Waals surface area contributed by atoms with E-state index >= 15 is 0 Å². The number of alkyl halides is 1. The van der Waals surface area contributed by atoms with Crippen LogP contribution in [0.1, 0.15) is 55.2 Å². The lowest BCUT2D eigenvalue weighted by Crippen LogP contribution is -2.29. The van der Waals surface area contributed by atoms with E-state index in [0.717, 1.165) is 16.3 Å². The molecule has 4 unspecified atom stereocenters. The van der Waals surface area contributed by atoms with E-state index in [1.54, 1.807) is 11.3 Å². The summed E-state index contributed by atoms with van der Waals surface area (Å²) < 4.78 is 2.31. The monoisotopic (exact) mass is 424 g/mol. The van der Waals surface area contributed by atoms with Gasteiger partial charge >= 0.3 is 0 Å². The lowest BCUT2D eigenvalue weighted by Gasteiger charge is -2.40. The van der Waals surface area contributed by atoms with Crippen LogP contribution in [0, 0.1) is 17.8 Å². The highest BCUT2D eigenvalue weighted by Gasteiger charge is 2.35. The van der Waals surface area contributed by atoms with Crippen molar-refractivity contribution in [1.29, 1.82) is 0 Å². The van der Waals surface area contributed by atoms with Gasteiger partial charge in [0.2, 0.25) is 0 Å². The van der Waals surface area contributed by atoms with Crippen LogP contribution in [-0.4, -0.2) is 0 Å². The Morgan fingerprint density at radius 1 is 1.11 bits per heavy atom. The molecule has 0 bridgehead atoms. The highest BCUT2D eigenvalue weighted by atomic mass is 79.9. The SMILES string of the molecule is ClC(c1cc(Br)c(Br)s1)C1CCC2CCCCC2C1. The van der Waals surface area contributed by atoms with Crippen molar-refractivity contribution < 1.29 is 0 Å². The minimum atomic E-state index is 0.204. The Balaban J connectivity index is 1.68. The first-order valence-corrected chi connectivity index (χ1v) is 10.1. The zero-order chi connectivity index (χ0) is 13.4. The molecule has 4 heteroatoms. The van der Waals surface area contributed by atoms with Crippen LogP contribution in [0.15, 0.2) is 14.3 Å². The molecule has 0 N–H and O–H groups in total. The van der Waals surface area contributed by atoms with E-state index in [2.05, 4.69) is 37.9 Å². The minimum absolute atomic E-state index is 0.204. The molecule has 1 aromatic rings. The van der Waals surface area contributed by atoms with Crippen molar-refractivity contribution in [2.24, 2.45) is 17.8 Å². The van der Waals surface area contributed by atoms with Gasteiger partial charge in [0.25, 0.3) is 0 Å². The van der Waals surface area contributed by atoms with Gasteiger partial charge in [0, 0.05) is 9.35 Å². The Hall–Kier alpha value is 0.950. The number of hydrogen-bond donors (Lipinski definition) is 0. The minimum Gasteiger partial charge on any atom is -0.130 e. The van der Waals surface area contributed by atoms with Gasteiger partial charge in [0.05, 0.1) is 9.16 Å². The van der Waals surface area contributed by atoms with Gasteiger partial charge < -0.3 is 0 Å². The highest BCUT2D eigenvalue weighted by Crippen LogP contribution is 2.50. The van der Waals surface area contributed by atoms with Crippen molar-refractivity contribution >= 4 is 54.8 Å². The van der Waals surface area contributed by atoms with Crippen molar-refractivity contribution in [3.8, 4) is 0 Å². The van der Waals surface area contributed by atoms with E-state index in [1.165, 1.54) is 53.6 Å². The Bertz CT molecular complexity index is 426. The molecule has 0 spiro atoms. The fourth-order valence-electron chi connectivity index (χ4n) is 3.91. The summed E-state index contributed by atoms with van der Waals surface area (Å²) in [6, 6.07) is 2.19. The van der Waals surface area contributed by atoms with Crippen LogP contribution in [0.2, 0.25) is 0 Å². The molecule has 19 heavy (non-hydrogen) atoms. The first kappa shape index (κ1) is 14.9. The molecular formula is C15H19Br2ClS. The van der Waals surface area contributed by atoms with E-state index in [-0.39, 0.29) is 5.38 Å². The highest BCUT2D eigenvalue weighted by molar-refractivity contribution is 9.13. The van der Waals surface area contributed by atoms with Gasteiger partial charge in [-0.2, -0.15) is 0 Å². The molecule has 4 atom stereocenters. The largest absolute Gasteiger partial charge is 0.130 e. The van der Waals surface area contributed by atoms with E-state index < -0.39 is 0 Å². The average molecular weight is 427 g/mol. The molecule has 106 valence electrons. The van der Waals surface area contributed by atoms with Crippen molar-refractivity contribution in [2.45, 2.75) is 50.3 Å². The van der Waals surface area contributed by atoms with Crippen LogP contribution in [0.5, 0.6) is 0 Å². The van der Waals surface area contributed by atoms with Crippen molar-refractivity contribution in [3.63, 3.8) is 0 Å². The summed E-state index contributed by atoms with van der Waals surface area (Å²) in [5, 5.41) is 0.204. The maximum absolute atomic E-state index is 6.77. The average Bonchev–Trinajstić information content (AvgIpc) is 2.77. The quantitative estimate of drug-likeness (QED) is 0.440. The normalized spacial score (nSPS) is 32.9. The summed E-state index contributed by atoms with van der Waals surface area (Å²) in [7, 11) is 0. The van der Waals surface area contributed by atoms with E-state index in [9.17, 15) is 0 Å². The van der Waals surface area contributed by atoms with Gasteiger partial charge in [-0.15, -0.1) is 22.9 Å². The van der Waals surface area contributed by atoms with Gasteiger partial charge in [-0.25, -0.2) is 0 Å². The molecule has 0 nitrogen and oxygen atoms in total. The van der Waals surface area contributed by atoms with Crippen LogP contribution in [0.3, 0.4) is 0 Å². The molecule has 1 aromatic heterocycles. The van der Waals surface area contributed by atoms with Crippen molar-refractivity contribution in [2.75, 3.05) is 0 Å². The number of rotatable bonds is 2. The molecule has 1 heterocycles. The van der Waals surface area contributed by atoms with Gasteiger partial charge in [0.1, 0.15) is 0 Å². The molecule has 0 amide bonds. The molecular weight excluding hydrogens is 407 g/mol. The summed E-state index contributed by atoms with van der Waals surface area (Å²) >= 11 is 15.7. The summed E-state index contributed by atoms with van der Waals surface area (Å²) in [6.45, 7) is 0. The summed E-state index contributed by atoms with van der Waals surface area (Å²) in [5.41, 5.74) is 0. The van der Waals surface area contributed by atoms with Crippen LogP contribution >= 0.6 is 54.8 Å². The van der Waals surface area contributed by atoms with Crippen molar-refractivity contribution in [3.05, 3.63) is 19.2 Å². The Kier molecular flexibility index (Phi) is 4.99. The number of thiophene rings is 1. The molecule has 2 fully saturated rings. The summed E-state index contributed by atoms with van der Waals surface area (Å²) in [4.78, 5) is 1.32. The van der Waals surface area contributed by atoms with Crippen molar-refractivity contribution in [1.82, 2.24) is 0 Å². The molecule has 0 aromatic carbocycles. The van der Waals surface area contributed by atoms with E-state index in [1.807, 2.05) is 0 Å². The second kappa shape index (κ2) is 6.37. The second-order valence-electron chi connectivity index (χ2n) is 6.05. The number of hydrogen-bond acceptors (Lipinski definition) is 1. The van der Waals surface area contributed by atoms with E-state index in [4.69, 9.17) is 11.6 Å². The van der Waals surface area contributed by atoms with Gasteiger partial charge in [-0.05, 0) is 74.9 Å². The van der Waals surface area contributed by atoms with Gasteiger partial charge in [-0.3, -0.25) is 0 Å². The topological polar surface area (TPSA) is 0 Å². The zero-order valence-corrected chi connectivity index (χ0v) is 15.6. The molecule has 0 saturated heterocycles. The molecule has 2 aliphatic rings. The van der Waals surface area contributed by atoms with Crippen LogP contribution < -0.4 is 0 Å². The van der Waals surface area contributed by atoms with Crippen LogP contribution in [-0.2, 0) is 0 Å². The van der Waals surface area contributed by atoms with Crippen LogP contribution in [0.25, 0.3) is 0 Å². The molecule has 3 rings (SSSR count). The van der Waals surface area contributed by atoms with Gasteiger partial charge in [0.15, 0.2) is 0 Å². The summed E-state index contributed by atoms with van der Waals surface area (Å²) in [5.74, 6) is 2.65. The Labute approximate surface area is 141 Å².